The van der Waals surface area contributed by atoms with Crippen molar-refractivity contribution in [2.24, 2.45) is 0 Å². The van der Waals surface area contributed by atoms with Crippen LogP contribution in [0.15, 0.2) is 24.3 Å². The van der Waals surface area contributed by atoms with Crippen molar-refractivity contribution in [3.8, 4) is 0 Å². The van der Waals surface area contributed by atoms with Gasteiger partial charge in [0.25, 0.3) is 0 Å². The molecule has 0 radical (unpaired) electrons. The Morgan fingerprint density at radius 2 is 2.00 bits per heavy atom. The minimum absolute atomic E-state index is 0.357. The molecule has 1 N–H and O–H groups in total. The molecule has 1 heterocycles. The molecule has 0 amide bonds. The van der Waals surface area contributed by atoms with Crippen molar-refractivity contribution in [2.45, 2.75) is 39.5 Å². The normalized spacial score (nSPS) is 21.3. The second-order valence-electron chi connectivity index (χ2n) is 5.37. The lowest BCUT2D eigenvalue weighted by Crippen LogP contribution is -2.29. The van der Waals surface area contributed by atoms with E-state index in [2.05, 4.69) is 48.3 Å². The first kappa shape index (κ1) is 14.5. The van der Waals surface area contributed by atoms with Gasteiger partial charge in [0, 0.05) is 32.8 Å². The van der Waals surface area contributed by atoms with Crippen molar-refractivity contribution in [3.05, 3.63) is 35.4 Å². The van der Waals surface area contributed by atoms with Crippen LogP contribution in [-0.2, 0) is 17.8 Å². The van der Waals surface area contributed by atoms with Gasteiger partial charge in [0.2, 0.25) is 0 Å². The molecular weight excluding hydrogens is 236 g/mol. The highest BCUT2D eigenvalue weighted by Gasteiger charge is 2.14. The fourth-order valence-corrected chi connectivity index (χ4v) is 2.51. The molecule has 1 aromatic rings. The molecule has 1 atom stereocenters. The number of nitrogens with zero attached hydrogens (tertiary/aromatic N) is 1. The molecule has 106 valence electrons. The molecule has 1 unspecified atom stereocenters. The minimum atomic E-state index is 0.357. The van der Waals surface area contributed by atoms with Gasteiger partial charge in [-0.2, -0.15) is 0 Å². The highest BCUT2D eigenvalue weighted by Crippen LogP contribution is 2.11. The van der Waals surface area contributed by atoms with Crippen molar-refractivity contribution >= 4 is 0 Å². The summed E-state index contributed by atoms with van der Waals surface area (Å²) in [6.07, 6.45) is 1.50. The van der Waals surface area contributed by atoms with Crippen molar-refractivity contribution in [1.82, 2.24) is 10.2 Å². The van der Waals surface area contributed by atoms with E-state index < -0.39 is 0 Å². The summed E-state index contributed by atoms with van der Waals surface area (Å²) in [5.41, 5.74) is 2.76. The lowest BCUT2D eigenvalue weighted by Gasteiger charge is -2.21. The Balaban J connectivity index is 1.87. The third kappa shape index (κ3) is 4.94. The first-order chi connectivity index (χ1) is 9.28. The van der Waals surface area contributed by atoms with Crippen LogP contribution < -0.4 is 5.32 Å². The number of hydrogen-bond acceptors (Lipinski definition) is 3. The van der Waals surface area contributed by atoms with Crippen molar-refractivity contribution in [1.29, 1.82) is 0 Å². The SMILES string of the molecule is CCNCc1ccc(CN2CCCOC(C)C2)cc1. The first-order valence-electron chi connectivity index (χ1n) is 7.40. The molecular formula is C16H26N2O. The second-order valence-corrected chi connectivity index (χ2v) is 5.37. The average Bonchev–Trinajstić information content (AvgIpc) is 2.62. The van der Waals surface area contributed by atoms with Crippen molar-refractivity contribution in [3.63, 3.8) is 0 Å². The van der Waals surface area contributed by atoms with Crippen LogP contribution >= 0.6 is 0 Å². The van der Waals surface area contributed by atoms with Crippen LogP contribution in [-0.4, -0.2) is 37.2 Å². The maximum atomic E-state index is 5.68. The predicted octanol–water partition coefficient (Wildman–Crippen LogP) is 2.41. The summed E-state index contributed by atoms with van der Waals surface area (Å²) < 4.78 is 5.68. The van der Waals surface area contributed by atoms with Gasteiger partial charge in [0.15, 0.2) is 0 Å². The summed E-state index contributed by atoms with van der Waals surface area (Å²) in [6.45, 7) is 10.4. The van der Waals surface area contributed by atoms with Crippen molar-refractivity contribution in [2.75, 3.05) is 26.2 Å². The summed E-state index contributed by atoms with van der Waals surface area (Å²) in [5, 5.41) is 3.35. The molecule has 1 aliphatic rings. The topological polar surface area (TPSA) is 24.5 Å². The third-order valence-electron chi connectivity index (χ3n) is 3.54. The Hall–Kier alpha value is -0.900. The first-order valence-corrected chi connectivity index (χ1v) is 7.40. The molecule has 1 aliphatic heterocycles. The number of benzene rings is 1. The van der Waals surface area contributed by atoms with E-state index in [1.807, 2.05) is 0 Å². The molecule has 1 aromatic carbocycles. The van der Waals surface area contributed by atoms with Crippen LogP contribution in [0.2, 0.25) is 0 Å². The smallest absolute Gasteiger partial charge is 0.0674 e. The van der Waals surface area contributed by atoms with Gasteiger partial charge in [-0.15, -0.1) is 0 Å². The van der Waals surface area contributed by atoms with E-state index in [0.29, 0.717) is 6.10 Å². The summed E-state index contributed by atoms with van der Waals surface area (Å²) in [5.74, 6) is 0. The van der Waals surface area contributed by atoms with E-state index in [1.165, 1.54) is 11.1 Å². The Morgan fingerprint density at radius 3 is 2.74 bits per heavy atom. The van der Waals surface area contributed by atoms with Crippen molar-refractivity contribution < 1.29 is 4.74 Å². The Bertz CT molecular complexity index is 364. The maximum Gasteiger partial charge on any atom is 0.0674 e. The van der Waals surface area contributed by atoms with Crippen LogP contribution in [0.1, 0.15) is 31.4 Å². The van der Waals surface area contributed by atoms with Gasteiger partial charge in [-0.1, -0.05) is 31.2 Å². The van der Waals surface area contributed by atoms with Crippen LogP contribution in [0.5, 0.6) is 0 Å². The monoisotopic (exact) mass is 262 g/mol. The molecule has 0 aromatic heterocycles. The fourth-order valence-electron chi connectivity index (χ4n) is 2.51. The van der Waals surface area contributed by atoms with Crippen LogP contribution in [0.25, 0.3) is 0 Å². The Kier molecular flexibility index (Phi) is 5.83. The van der Waals surface area contributed by atoms with E-state index in [1.54, 1.807) is 0 Å². The lowest BCUT2D eigenvalue weighted by molar-refractivity contribution is 0.0668. The molecule has 2 rings (SSSR count). The van der Waals surface area contributed by atoms with Crippen LogP contribution in [0.3, 0.4) is 0 Å². The number of rotatable bonds is 5. The van der Waals surface area contributed by atoms with Crippen LogP contribution in [0, 0.1) is 0 Å². The molecule has 1 saturated heterocycles. The van der Waals surface area contributed by atoms with Gasteiger partial charge in [-0.3, -0.25) is 4.90 Å². The third-order valence-corrected chi connectivity index (χ3v) is 3.54. The number of nitrogens with one attached hydrogen (secondary N) is 1. The van der Waals surface area contributed by atoms with E-state index in [-0.39, 0.29) is 0 Å². The van der Waals surface area contributed by atoms with Gasteiger partial charge in [0.05, 0.1) is 6.10 Å². The summed E-state index contributed by atoms with van der Waals surface area (Å²) in [7, 11) is 0. The molecule has 19 heavy (non-hydrogen) atoms. The van der Waals surface area contributed by atoms with E-state index in [4.69, 9.17) is 4.74 Å². The zero-order chi connectivity index (χ0) is 13.5. The lowest BCUT2D eigenvalue weighted by atomic mass is 10.1. The predicted molar refractivity (Wildman–Crippen MR) is 79.1 cm³/mol. The summed E-state index contributed by atoms with van der Waals surface area (Å²) in [4.78, 5) is 2.50. The van der Waals surface area contributed by atoms with Gasteiger partial charge >= 0.3 is 0 Å². The summed E-state index contributed by atoms with van der Waals surface area (Å²) >= 11 is 0. The number of hydrogen-bond donors (Lipinski definition) is 1. The molecule has 1 fully saturated rings. The maximum absolute atomic E-state index is 5.68. The van der Waals surface area contributed by atoms with Gasteiger partial charge in [-0.25, -0.2) is 0 Å². The van der Waals surface area contributed by atoms with E-state index >= 15 is 0 Å². The molecule has 0 saturated carbocycles. The Labute approximate surface area is 116 Å². The average molecular weight is 262 g/mol. The standard InChI is InChI=1S/C16H26N2O/c1-3-17-11-15-5-7-16(8-6-15)13-18-9-4-10-19-14(2)12-18/h5-8,14,17H,3-4,9-13H2,1-2H3. The zero-order valence-electron chi connectivity index (χ0n) is 12.2. The molecule has 3 heteroatoms. The van der Waals surface area contributed by atoms with Gasteiger partial charge < -0.3 is 10.1 Å². The fraction of sp³-hybridized carbons (Fsp3) is 0.625. The van der Waals surface area contributed by atoms with Crippen LogP contribution in [0.4, 0.5) is 0 Å². The highest BCUT2D eigenvalue weighted by atomic mass is 16.5. The molecule has 0 aliphatic carbocycles. The second kappa shape index (κ2) is 7.63. The minimum Gasteiger partial charge on any atom is -0.377 e. The largest absolute Gasteiger partial charge is 0.377 e. The molecule has 3 nitrogen and oxygen atoms in total. The highest BCUT2D eigenvalue weighted by molar-refractivity contribution is 5.22. The zero-order valence-corrected chi connectivity index (χ0v) is 12.2. The summed E-state index contributed by atoms with van der Waals surface area (Å²) in [6, 6.07) is 8.97. The molecule has 0 bridgehead atoms. The quantitative estimate of drug-likeness (QED) is 0.882. The van der Waals surface area contributed by atoms with Gasteiger partial charge in [0.1, 0.15) is 0 Å². The molecule has 0 spiro atoms. The van der Waals surface area contributed by atoms with E-state index in [0.717, 1.165) is 45.8 Å². The number of ether oxygens (including phenoxy) is 1. The van der Waals surface area contributed by atoms with Gasteiger partial charge in [-0.05, 0) is 31.0 Å². The Morgan fingerprint density at radius 1 is 1.26 bits per heavy atom. The van der Waals surface area contributed by atoms with E-state index in [9.17, 15) is 0 Å².